The van der Waals surface area contributed by atoms with Crippen LogP contribution in [-0.4, -0.2) is 18.9 Å². The Kier molecular flexibility index (Phi) is 6.54. The summed E-state index contributed by atoms with van der Waals surface area (Å²) in [7, 11) is 0. The van der Waals surface area contributed by atoms with Crippen LogP contribution in [0.1, 0.15) is 27.0 Å². The van der Waals surface area contributed by atoms with Gasteiger partial charge in [0.15, 0.2) is 0 Å². The van der Waals surface area contributed by atoms with Crippen molar-refractivity contribution in [1.29, 1.82) is 0 Å². The van der Waals surface area contributed by atoms with Gasteiger partial charge < -0.3 is 10.1 Å². The first-order chi connectivity index (χ1) is 12.4. The molecule has 1 amide bonds. The number of halogens is 3. The van der Waals surface area contributed by atoms with E-state index in [0.29, 0.717) is 6.29 Å². The van der Waals surface area contributed by atoms with Gasteiger partial charge in [-0.25, -0.2) is 4.79 Å². The molecule has 0 saturated carbocycles. The van der Waals surface area contributed by atoms with Gasteiger partial charge in [0, 0.05) is 12.1 Å². The first-order valence-corrected chi connectivity index (χ1v) is 7.67. The standard InChI is InChI=1S/C19H16F3NO3/c20-19(21,22)17-11-15(12-24)8-9-16(17)7-4-10-23-18(25)26-13-14-5-2-1-3-6-14/h1-9,11-12H,10,13H2,(H,23,25). The maximum Gasteiger partial charge on any atom is 0.417 e. The third kappa shape index (κ3) is 5.77. The Hall–Kier alpha value is -3.09. The Morgan fingerprint density at radius 1 is 1.12 bits per heavy atom. The minimum absolute atomic E-state index is 0.000349. The van der Waals surface area contributed by atoms with E-state index in [4.69, 9.17) is 4.74 Å². The van der Waals surface area contributed by atoms with Crippen LogP contribution in [0, 0.1) is 0 Å². The Morgan fingerprint density at radius 3 is 2.50 bits per heavy atom. The zero-order valence-corrected chi connectivity index (χ0v) is 13.6. The molecule has 0 aromatic heterocycles. The molecule has 0 bridgehead atoms. The molecule has 1 N–H and O–H groups in total. The molecule has 0 aliphatic rings. The maximum atomic E-state index is 13.0. The third-order valence-electron chi connectivity index (χ3n) is 3.39. The van der Waals surface area contributed by atoms with Crippen molar-refractivity contribution in [1.82, 2.24) is 5.32 Å². The van der Waals surface area contributed by atoms with Crippen LogP contribution in [0.2, 0.25) is 0 Å². The molecule has 26 heavy (non-hydrogen) atoms. The van der Waals surface area contributed by atoms with Gasteiger partial charge in [-0.05, 0) is 17.2 Å². The van der Waals surface area contributed by atoms with E-state index < -0.39 is 17.8 Å². The molecule has 7 heteroatoms. The number of ether oxygens (including phenoxy) is 1. The highest BCUT2D eigenvalue weighted by molar-refractivity contribution is 5.76. The molecule has 0 aliphatic heterocycles. The van der Waals surface area contributed by atoms with Gasteiger partial charge >= 0.3 is 12.3 Å². The van der Waals surface area contributed by atoms with E-state index in [1.54, 1.807) is 12.1 Å². The van der Waals surface area contributed by atoms with Crippen molar-refractivity contribution in [3.05, 3.63) is 76.9 Å². The van der Waals surface area contributed by atoms with E-state index in [0.717, 1.165) is 11.6 Å². The van der Waals surface area contributed by atoms with Crippen LogP contribution in [0.4, 0.5) is 18.0 Å². The van der Waals surface area contributed by atoms with Crippen LogP contribution in [0.3, 0.4) is 0 Å². The van der Waals surface area contributed by atoms with E-state index in [1.165, 1.54) is 24.3 Å². The Labute approximate surface area is 148 Å². The highest BCUT2D eigenvalue weighted by atomic mass is 19.4. The minimum atomic E-state index is -4.58. The van der Waals surface area contributed by atoms with Gasteiger partial charge in [0.25, 0.3) is 0 Å². The summed E-state index contributed by atoms with van der Waals surface area (Å²) < 4.78 is 44.1. The van der Waals surface area contributed by atoms with Gasteiger partial charge in [-0.1, -0.05) is 54.6 Å². The van der Waals surface area contributed by atoms with Gasteiger partial charge in [0.1, 0.15) is 12.9 Å². The highest BCUT2D eigenvalue weighted by Gasteiger charge is 2.32. The third-order valence-corrected chi connectivity index (χ3v) is 3.39. The summed E-state index contributed by atoms with van der Waals surface area (Å²) in [5, 5.41) is 2.42. The van der Waals surface area contributed by atoms with Crippen LogP contribution in [0.25, 0.3) is 6.08 Å². The first kappa shape index (κ1) is 19.2. The minimum Gasteiger partial charge on any atom is -0.445 e. The molecular weight excluding hydrogens is 347 g/mol. The van der Waals surface area contributed by atoms with Crippen LogP contribution >= 0.6 is 0 Å². The molecule has 0 heterocycles. The summed E-state index contributed by atoms with van der Waals surface area (Å²) >= 11 is 0. The van der Waals surface area contributed by atoms with Crippen molar-refractivity contribution in [3.63, 3.8) is 0 Å². The second-order valence-corrected chi connectivity index (χ2v) is 5.31. The fourth-order valence-electron chi connectivity index (χ4n) is 2.14. The van der Waals surface area contributed by atoms with Crippen molar-refractivity contribution in [3.8, 4) is 0 Å². The summed E-state index contributed by atoms with van der Waals surface area (Å²) in [5.74, 6) is 0. The number of carbonyl (C=O) groups excluding carboxylic acids is 2. The van der Waals surface area contributed by atoms with Crippen molar-refractivity contribution in [2.75, 3.05) is 6.54 Å². The van der Waals surface area contributed by atoms with Gasteiger partial charge in [-0.15, -0.1) is 0 Å². The van der Waals surface area contributed by atoms with Crippen LogP contribution in [0.15, 0.2) is 54.6 Å². The van der Waals surface area contributed by atoms with Crippen LogP contribution in [-0.2, 0) is 17.5 Å². The molecule has 0 aliphatic carbocycles. The van der Waals surface area contributed by atoms with Gasteiger partial charge in [-0.3, -0.25) is 4.79 Å². The molecule has 0 atom stereocenters. The number of aldehydes is 1. The second kappa shape index (κ2) is 8.84. The topological polar surface area (TPSA) is 55.4 Å². The Morgan fingerprint density at radius 2 is 1.85 bits per heavy atom. The molecule has 2 aromatic carbocycles. The summed E-state index contributed by atoms with van der Waals surface area (Å²) in [6.45, 7) is 0.0993. The number of amides is 1. The van der Waals surface area contributed by atoms with Crippen LogP contribution in [0.5, 0.6) is 0 Å². The van der Waals surface area contributed by atoms with Crippen molar-refractivity contribution in [2.24, 2.45) is 0 Å². The molecule has 2 rings (SSSR count). The summed E-state index contributed by atoms with van der Waals surface area (Å²) in [6, 6.07) is 12.4. The molecule has 0 radical (unpaired) electrons. The van der Waals surface area contributed by atoms with Gasteiger partial charge in [0.2, 0.25) is 0 Å². The van der Waals surface area contributed by atoms with Crippen molar-refractivity contribution >= 4 is 18.5 Å². The predicted octanol–water partition coefficient (Wildman–Crippen LogP) is 4.46. The summed E-state index contributed by atoms with van der Waals surface area (Å²) in [6.07, 6.45) is -2.30. The zero-order chi connectivity index (χ0) is 19.0. The monoisotopic (exact) mass is 363 g/mol. The molecule has 2 aromatic rings. The lowest BCUT2D eigenvalue weighted by molar-refractivity contribution is -0.137. The van der Waals surface area contributed by atoms with Crippen molar-refractivity contribution in [2.45, 2.75) is 12.8 Å². The zero-order valence-electron chi connectivity index (χ0n) is 13.6. The Bertz CT molecular complexity index is 786. The van der Waals surface area contributed by atoms with E-state index in [1.807, 2.05) is 18.2 Å². The number of hydrogen-bond acceptors (Lipinski definition) is 3. The molecule has 0 fully saturated rings. The first-order valence-electron chi connectivity index (χ1n) is 7.67. The average Bonchev–Trinajstić information content (AvgIpc) is 2.63. The fourth-order valence-corrected chi connectivity index (χ4v) is 2.14. The van der Waals surface area contributed by atoms with E-state index in [9.17, 15) is 22.8 Å². The molecule has 0 saturated heterocycles. The quantitative estimate of drug-likeness (QED) is 0.771. The van der Waals surface area contributed by atoms with Crippen molar-refractivity contribution < 1.29 is 27.5 Å². The summed E-state index contributed by atoms with van der Waals surface area (Å²) in [4.78, 5) is 22.2. The molecule has 0 spiro atoms. The SMILES string of the molecule is O=Cc1ccc(C=CCNC(=O)OCc2ccccc2)c(C(F)(F)F)c1. The second-order valence-electron chi connectivity index (χ2n) is 5.31. The Balaban J connectivity index is 1.90. The lowest BCUT2D eigenvalue weighted by Crippen LogP contribution is -2.24. The van der Waals surface area contributed by atoms with E-state index in [2.05, 4.69) is 5.32 Å². The molecule has 136 valence electrons. The lowest BCUT2D eigenvalue weighted by Gasteiger charge is -2.11. The number of benzene rings is 2. The number of hydrogen-bond donors (Lipinski definition) is 1. The molecule has 0 unspecified atom stereocenters. The van der Waals surface area contributed by atoms with Crippen LogP contribution < -0.4 is 5.32 Å². The molecular formula is C19H16F3NO3. The summed E-state index contributed by atoms with van der Waals surface area (Å²) in [5.41, 5.74) is -0.243. The number of nitrogens with one attached hydrogen (secondary N) is 1. The number of alkyl carbamates (subject to hydrolysis) is 1. The average molecular weight is 363 g/mol. The maximum absolute atomic E-state index is 13.0. The fraction of sp³-hybridized carbons (Fsp3) is 0.158. The predicted molar refractivity (Wildman–Crippen MR) is 90.5 cm³/mol. The number of carbonyl (C=O) groups is 2. The number of rotatable bonds is 6. The smallest absolute Gasteiger partial charge is 0.417 e. The number of alkyl halides is 3. The lowest BCUT2D eigenvalue weighted by atomic mass is 10.0. The van der Waals surface area contributed by atoms with E-state index >= 15 is 0 Å². The largest absolute Gasteiger partial charge is 0.445 e. The van der Waals surface area contributed by atoms with Gasteiger partial charge in [0.05, 0.1) is 5.56 Å². The normalized spacial score (nSPS) is 11.3. The highest BCUT2D eigenvalue weighted by Crippen LogP contribution is 2.33. The van der Waals surface area contributed by atoms with Gasteiger partial charge in [-0.2, -0.15) is 13.2 Å². The molecule has 4 nitrogen and oxygen atoms in total. The van der Waals surface area contributed by atoms with E-state index in [-0.39, 0.29) is 24.3 Å².